The summed E-state index contributed by atoms with van der Waals surface area (Å²) in [5.41, 5.74) is 0. The standard InChI is InChI=1S/C18H34N4O3.HI/c1-19-18(20-6-3-8-23-12-15-5-9-24-13-15)21-10-17-11-22-7-2-4-16(22)14-25-17;/h15-17H,2-14H2,1H3,(H2,19,20,21);1H. The number of halogens is 1. The van der Waals surface area contributed by atoms with Gasteiger partial charge in [-0.2, -0.15) is 0 Å². The van der Waals surface area contributed by atoms with Gasteiger partial charge in [0.05, 0.1) is 25.9 Å². The van der Waals surface area contributed by atoms with Gasteiger partial charge in [-0.1, -0.05) is 0 Å². The van der Waals surface area contributed by atoms with Gasteiger partial charge in [-0.15, -0.1) is 24.0 Å². The third kappa shape index (κ3) is 7.10. The minimum absolute atomic E-state index is 0. The molecule has 0 bridgehead atoms. The predicted molar refractivity (Wildman–Crippen MR) is 113 cm³/mol. The molecule has 3 aliphatic heterocycles. The number of guanidine groups is 1. The summed E-state index contributed by atoms with van der Waals surface area (Å²) in [7, 11) is 1.81. The number of ether oxygens (including phenoxy) is 3. The van der Waals surface area contributed by atoms with Crippen molar-refractivity contribution in [2.45, 2.75) is 37.8 Å². The van der Waals surface area contributed by atoms with E-state index in [1.807, 2.05) is 7.05 Å². The zero-order valence-electron chi connectivity index (χ0n) is 16.0. The molecule has 2 N–H and O–H groups in total. The third-order valence-electron chi connectivity index (χ3n) is 5.32. The normalized spacial score (nSPS) is 29.3. The average Bonchev–Trinajstić information content (AvgIpc) is 3.31. The molecule has 3 heterocycles. The van der Waals surface area contributed by atoms with Crippen molar-refractivity contribution >= 4 is 29.9 Å². The molecule has 26 heavy (non-hydrogen) atoms. The van der Waals surface area contributed by atoms with Gasteiger partial charge in [0.1, 0.15) is 0 Å². The second-order valence-corrected chi connectivity index (χ2v) is 7.28. The summed E-state index contributed by atoms with van der Waals surface area (Å²) in [6.45, 7) is 8.16. The molecule has 0 aromatic carbocycles. The quantitative estimate of drug-likeness (QED) is 0.234. The first-order chi connectivity index (χ1) is 12.3. The number of aliphatic imine (C=N–C) groups is 1. The van der Waals surface area contributed by atoms with E-state index < -0.39 is 0 Å². The lowest BCUT2D eigenvalue weighted by Crippen LogP contribution is -2.51. The van der Waals surface area contributed by atoms with Gasteiger partial charge in [0.25, 0.3) is 0 Å². The monoisotopic (exact) mass is 482 g/mol. The fourth-order valence-electron chi connectivity index (χ4n) is 3.79. The van der Waals surface area contributed by atoms with E-state index in [0.29, 0.717) is 12.0 Å². The van der Waals surface area contributed by atoms with Crippen molar-refractivity contribution in [1.29, 1.82) is 0 Å². The molecule has 0 saturated carbocycles. The summed E-state index contributed by atoms with van der Waals surface area (Å²) < 4.78 is 17.1. The molecule has 3 unspecified atom stereocenters. The number of fused-ring (bicyclic) bond motifs is 1. The summed E-state index contributed by atoms with van der Waals surface area (Å²) in [6.07, 6.45) is 4.97. The molecular weight excluding hydrogens is 447 g/mol. The maximum atomic E-state index is 5.98. The Morgan fingerprint density at radius 2 is 2.19 bits per heavy atom. The Morgan fingerprint density at radius 1 is 1.27 bits per heavy atom. The Kier molecular flexibility index (Phi) is 10.5. The first kappa shape index (κ1) is 22.1. The van der Waals surface area contributed by atoms with Gasteiger partial charge in [-0.3, -0.25) is 9.89 Å². The molecule has 3 atom stereocenters. The lowest BCUT2D eigenvalue weighted by atomic mass is 10.1. The van der Waals surface area contributed by atoms with Crippen molar-refractivity contribution in [1.82, 2.24) is 15.5 Å². The average molecular weight is 482 g/mol. The van der Waals surface area contributed by atoms with Gasteiger partial charge in [0.15, 0.2) is 5.96 Å². The van der Waals surface area contributed by atoms with Crippen LogP contribution in [0.15, 0.2) is 4.99 Å². The van der Waals surface area contributed by atoms with Crippen LogP contribution in [0.3, 0.4) is 0 Å². The van der Waals surface area contributed by atoms with E-state index in [1.165, 1.54) is 19.4 Å². The van der Waals surface area contributed by atoms with Gasteiger partial charge in [0.2, 0.25) is 0 Å². The number of rotatable bonds is 8. The number of hydrogen-bond acceptors (Lipinski definition) is 5. The molecule has 3 aliphatic rings. The molecule has 7 nitrogen and oxygen atoms in total. The smallest absolute Gasteiger partial charge is 0.191 e. The summed E-state index contributed by atoms with van der Waals surface area (Å²) in [4.78, 5) is 6.86. The van der Waals surface area contributed by atoms with Crippen LogP contribution in [-0.4, -0.2) is 89.3 Å². The van der Waals surface area contributed by atoms with Gasteiger partial charge < -0.3 is 24.8 Å². The fourth-order valence-corrected chi connectivity index (χ4v) is 3.79. The third-order valence-corrected chi connectivity index (χ3v) is 5.32. The Bertz CT molecular complexity index is 421. The van der Waals surface area contributed by atoms with Crippen molar-refractivity contribution < 1.29 is 14.2 Å². The zero-order valence-corrected chi connectivity index (χ0v) is 18.3. The second-order valence-electron chi connectivity index (χ2n) is 7.28. The topological polar surface area (TPSA) is 67.4 Å². The van der Waals surface area contributed by atoms with Crippen molar-refractivity contribution in [3.05, 3.63) is 0 Å². The summed E-state index contributed by atoms with van der Waals surface area (Å²) in [6, 6.07) is 0.657. The van der Waals surface area contributed by atoms with Crippen molar-refractivity contribution in [3.63, 3.8) is 0 Å². The van der Waals surface area contributed by atoms with Crippen LogP contribution in [-0.2, 0) is 14.2 Å². The van der Waals surface area contributed by atoms with E-state index >= 15 is 0 Å². The second kappa shape index (κ2) is 12.3. The number of morpholine rings is 1. The molecule has 8 heteroatoms. The first-order valence-corrected chi connectivity index (χ1v) is 9.81. The molecule has 3 rings (SSSR count). The fraction of sp³-hybridized carbons (Fsp3) is 0.944. The van der Waals surface area contributed by atoms with Crippen molar-refractivity contribution in [2.24, 2.45) is 10.9 Å². The number of hydrogen-bond donors (Lipinski definition) is 2. The van der Waals surface area contributed by atoms with E-state index in [0.717, 1.165) is 71.5 Å². The Morgan fingerprint density at radius 3 is 3.00 bits per heavy atom. The Hall–Kier alpha value is -0.160. The van der Waals surface area contributed by atoms with Crippen LogP contribution in [0.4, 0.5) is 0 Å². The van der Waals surface area contributed by atoms with Crippen LogP contribution in [0.5, 0.6) is 0 Å². The molecule has 3 fully saturated rings. The summed E-state index contributed by atoms with van der Waals surface area (Å²) in [5.74, 6) is 1.43. The molecule has 0 spiro atoms. The lowest BCUT2D eigenvalue weighted by Gasteiger charge is -2.35. The van der Waals surface area contributed by atoms with Gasteiger partial charge in [0, 0.05) is 51.9 Å². The van der Waals surface area contributed by atoms with Crippen molar-refractivity contribution in [3.8, 4) is 0 Å². The van der Waals surface area contributed by atoms with Crippen LogP contribution >= 0.6 is 24.0 Å². The number of nitrogens with zero attached hydrogens (tertiary/aromatic N) is 2. The van der Waals surface area contributed by atoms with Gasteiger partial charge in [-0.05, 0) is 32.2 Å². The molecule has 0 radical (unpaired) electrons. The molecule has 0 aromatic heterocycles. The Balaban J connectivity index is 0.00000243. The van der Waals surface area contributed by atoms with Gasteiger partial charge in [-0.25, -0.2) is 0 Å². The van der Waals surface area contributed by atoms with Crippen LogP contribution in [0.25, 0.3) is 0 Å². The summed E-state index contributed by atoms with van der Waals surface area (Å²) >= 11 is 0. The molecule has 152 valence electrons. The maximum absolute atomic E-state index is 5.98. The van der Waals surface area contributed by atoms with Crippen LogP contribution in [0.2, 0.25) is 0 Å². The largest absolute Gasteiger partial charge is 0.381 e. The number of nitrogens with one attached hydrogen (secondary N) is 2. The summed E-state index contributed by atoms with van der Waals surface area (Å²) in [5, 5.41) is 6.73. The first-order valence-electron chi connectivity index (χ1n) is 9.81. The lowest BCUT2D eigenvalue weighted by molar-refractivity contribution is -0.0453. The van der Waals surface area contributed by atoms with E-state index in [9.17, 15) is 0 Å². The molecule has 0 aromatic rings. The van der Waals surface area contributed by atoms with Crippen LogP contribution in [0, 0.1) is 5.92 Å². The minimum atomic E-state index is 0. The van der Waals surface area contributed by atoms with E-state index in [4.69, 9.17) is 14.2 Å². The molecular formula is C18H35IN4O3. The highest BCUT2D eigenvalue weighted by atomic mass is 127. The minimum Gasteiger partial charge on any atom is -0.381 e. The van der Waals surface area contributed by atoms with E-state index in [1.54, 1.807) is 0 Å². The van der Waals surface area contributed by atoms with E-state index in [2.05, 4.69) is 20.5 Å². The van der Waals surface area contributed by atoms with Gasteiger partial charge >= 0.3 is 0 Å². The zero-order chi connectivity index (χ0) is 17.3. The molecule has 0 aliphatic carbocycles. The Labute approximate surface area is 174 Å². The van der Waals surface area contributed by atoms with Crippen LogP contribution < -0.4 is 10.6 Å². The van der Waals surface area contributed by atoms with Crippen molar-refractivity contribution in [2.75, 3.05) is 66.3 Å². The highest BCUT2D eigenvalue weighted by Gasteiger charge is 2.32. The molecule has 0 amide bonds. The molecule has 3 saturated heterocycles. The SMILES string of the molecule is CN=C(NCCCOCC1CCOC1)NCC1CN2CCCC2CO1.I. The highest BCUT2D eigenvalue weighted by Crippen LogP contribution is 2.22. The maximum Gasteiger partial charge on any atom is 0.191 e. The van der Waals surface area contributed by atoms with E-state index in [-0.39, 0.29) is 30.1 Å². The van der Waals surface area contributed by atoms with Crippen LogP contribution in [0.1, 0.15) is 25.7 Å². The predicted octanol–water partition coefficient (Wildman–Crippen LogP) is 1.08. The highest BCUT2D eigenvalue weighted by molar-refractivity contribution is 14.0.